The molecule has 0 bridgehead atoms. The summed E-state index contributed by atoms with van der Waals surface area (Å²) in [6, 6.07) is 11.9. The molecule has 0 aliphatic carbocycles. The molecule has 0 radical (unpaired) electrons. The van der Waals surface area contributed by atoms with Gasteiger partial charge in [-0.15, -0.1) is 0 Å². The van der Waals surface area contributed by atoms with Crippen LogP contribution in [0.15, 0.2) is 48.9 Å². The molecule has 32 heavy (non-hydrogen) atoms. The molecule has 8 heteroatoms. The van der Waals surface area contributed by atoms with Gasteiger partial charge in [0, 0.05) is 23.7 Å². The largest absolute Gasteiger partial charge is 0.479 e. The maximum atomic E-state index is 6.46. The minimum atomic E-state index is 0.156. The van der Waals surface area contributed by atoms with Crippen LogP contribution in [0.2, 0.25) is 5.02 Å². The van der Waals surface area contributed by atoms with Crippen LogP contribution in [0.1, 0.15) is 47.4 Å². The van der Waals surface area contributed by atoms with Crippen molar-refractivity contribution >= 4 is 23.8 Å². The number of nitrogens with zero attached hydrogens (tertiary/aromatic N) is 6. The van der Waals surface area contributed by atoms with Crippen molar-refractivity contribution in [3.8, 4) is 11.6 Å². The lowest BCUT2D eigenvalue weighted by molar-refractivity contribution is 0.395. The van der Waals surface area contributed by atoms with Crippen molar-refractivity contribution in [3.05, 3.63) is 82.5 Å². The van der Waals surface area contributed by atoms with Gasteiger partial charge < -0.3 is 9.30 Å². The fourth-order valence-corrected chi connectivity index (χ4v) is 4.36. The van der Waals surface area contributed by atoms with Gasteiger partial charge in [-0.2, -0.15) is 5.10 Å². The van der Waals surface area contributed by atoms with Gasteiger partial charge in [0.05, 0.1) is 24.8 Å². The average Bonchev–Trinajstić information content (AvgIpc) is 3.43. The minimum Gasteiger partial charge on any atom is -0.479 e. The van der Waals surface area contributed by atoms with E-state index in [1.807, 2.05) is 64.9 Å². The third-order valence-corrected chi connectivity index (χ3v) is 5.96. The van der Waals surface area contributed by atoms with Gasteiger partial charge in [-0.3, -0.25) is 0 Å². The highest BCUT2D eigenvalue weighted by molar-refractivity contribution is 6.31. The molecule has 7 nitrogen and oxygen atoms in total. The predicted octanol–water partition coefficient (Wildman–Crippen LogP) is 4.93. The van der Waals surface area contributed by atoms with Gasteiger partial charge in [-0.25, -0.2) is 19.6 Å². The maximum absolute atomic E-state index is 6.46. The Hall–Kier alpha value is -3.45. The van der Waals surface area contributed by atoms with Crippen LogP contribution in [-0.4, -0.2) is 36.4 Å². The molecule has 0 saturated carbocycles. The first kappa shape index (κ1) is 20.5. The number of fused-ring (bicyclic) bond motifs is 1. The number of aryl methyl sites for hydroxylation is 2. The Bertz CT molecular complexity index is 1290. The Labute approximate surface area is 191 Å². The summed E-state index contributed by atoms with van der Waals surface area (Å²) in [5.74, 6) is 2.30. The third-order valence-electron chi connectivity index (χ3n) is 5.62. The van der Waals surface area contributed by atoms with Gasteiger partial charge in [0.25, 0.3) is 0 Å². The van der Waals surface area contributed by atoms with Gasteiger partial charge in [0.15, 0.2) is 5.82 Å². The third kappa shape index (κ3) is 3.91. The molecule has 1 aromatic carbocycles. The molecule has 0 N–H and O–H groups in total. The number of halogens is 1. The first-order valence-corrected chi connectivity index (χ1v) is 10.9. The molecule has 1 aliphatic rings. The van der Waals surface area contributed by atoms with E-state index in [-0.39, 0.29) is 5.92 Å². The number of imidazole rings is 1. The van der Waals surface area contributed by atoms with E-state index >= 15 is 0 Å². The zero-order chi connectivity index (χ0) is 22.1. The summed E-state index contributed by atoms with van der Waals surface area (Å²) in [5, 5.41) is 5.46. The second-order valence-electron chi connectivity index (χ2n) is 7.79. The van der Waals surface area contributed by atoms with Crippen molar-refractivity contribution in [1.82, 2.24) is 29.3 Å². The van der Waals surface area contributed by atoms with E-state index in [1.54, 1.807) is 13.4 Å². The van der Waals surface area contributed by atoms with Gasteiger partial charge in [0.1, 0.15) is 11.5 Å². The van der Waals surface area contributed by atoms with E-state index in [0.29, 0.717) is 11.7 Å². The second-order valence-corrected chi connectivity index (χ2v) is 8.20. The molecule has 0 unspecified atom stereocenters. The van der Waals surface area contributed by atoms with E-state index in [9.17, 15) is 0 Å². The molecule has 0 spiro atoms. The summed E-state index contributed by atoms with van der Waals surface area (Å²) in [5.41, 5.74) is 3.64. The fourth-order valence-electron chi connectivity index (χ4n) is 4.09. The Morgan fingerprint density at radius 1 is 1.12 bits per heavy atom. The van der Waals surface area contributed by atoms with E-state index in [2.05, 4.69) is 21.1 Å². The first-order chi connectivity index (χ1) is 15.6. The number of rotatable bonds is 5. The van der Waals surface area contributed by atoms with Crippen LogP contribution in [0.4, 0.5) is 0 Å². The number of aromatic nitrogens is 6. The zero-order valence-electron chi connectivity index (χ0n) is 17.9. The fraction of sp³-hybridized carbons (Fsp3) is 0.250. The van der Waals surface area contributed by atoms with Crippen LogP contribution in [0.5, 0.6) is 5.88 Å². The predicted molar refractivity (Wildman–Crippen MR) is 124 cm³/mol. The van der Waals surface area contributed by atoms with E-state index in [4.69, 9.17) is 21.3 Å². The van der Waals surface area contributed by atoms with E-state index in [1.165, 1.54) is 0 Å². The summed E-state index contributed by atoms with van der Waals surface area (Å²) in [6.07, 6.45) is 9.53. The standard InChI is InChI=1S/C24H23ClN6O/c1-16-14-30(15-26-16)21-11-9-17(27-24(21)32-2)10-12-22-28-23-19(7-5-13-31(23)29-22)18-6-3-4-8-20(18)25/h3-4,6,8-12,14-15,19H,5,7,13H2,1-2H3/t19-/m1/s1. The minimum absolute atomic E-state index is 0.156. The van der Waals surface area contributed by atoms with Gasteiger partial charge in [-0.05, 0) is 55.7 Å². The summed E-state index contributed by atoms with van der Waals surface area (Å²) >= 11 is 6.46. The second kappa shape index (κ2) is 8.59. The van der Waals surface area contributed by atoms with Crippen LogP contribution in [0, 0.1) is 6.92 Å². The van der Waals surface area contributed by atoms with Crippen molar-refractivity contribution in [1.29, 1.82) is 0 Å². The molecule has 1 aliphatic heterocycles. The van der Waals surface area contributed by atoms with Crippen LogP contribution in [0.3, 0.4) is 0 Å². The Morgan fingerprint density at radius 2 is 2.00 bits per heavy atom. The smallest absolute Gasteiger partial charge is 0.238 e. The molecule has 5 rings (SSSR count). The lowest BCUT2D eigenvalue weighted by Gasteiger charge is -2.23. The van der Waals surface area contributed by atoms with Crippen molar-refractivity contribution < 1.29 is 4.74 Å². The van der Waals surface area contributed by atoms with Crippen molar-refractivity contribution in [3.63, 3.8) is 0 Å². The SMILES string of the molecule is COc1nc(C=Cc2nc3n(n2)CCC[C@@H]3c2ccccc2Cl)ccc1-n1cnc(C)c1. The Morgan fingerprint density at radius 3 is 2.78 bits per heavy atom. The zero-order valence-corrected chi connectivity index (χ0v) is 18.7. The molecule has 4 aromatic rings. The number of pyridine rings is 1. The van der Waals surface area contributed by atoms with Crippen LogP contribution in [-0.2, 0) is 6.54 Å². The van der Waals surface area contributed by atoms with Crippen molar-refractivity contribution in [2.75, 3.05) is 7.11 Å². The summed E-state index contributed by atoms with van der Waals surface area (Å²) in [6.45, 7) is 2.81. The van der Waals surface area contributed by atoms with Crippen LogP contribution < -0.4 is 4.74 Å². The summed E-state index contributed by atoms with van der Waals surface area (Å²) in [4.78, 5) is 13.7. The molecular formula is C24H23ClN6O. The van der Waals surface area contributed by atoms with E-state index < -0.39 is 0 Å². The lowest BCUT2D eigenvalue weighted by Crippen LogP contribution is -2.18. The van der Waals surface area contributed by atoms with Gasteiger partial charge in [-0.1, -0.05) is 29.8 Å². The number of hydrogen-bond donors (Lipinski definition) is 0. The molecular weight excluding hydrogens is 424 g/mol. The normalized spacial score (nSPS) is 15.8. The number of benzene rings is 1. The molecule has 1 atom stereocenters. The van der Waals surface area contributed by atoms with E-state index in [0.717, 1.165) is 52.9 Å². The molecule has 0 amide bonds. The molecule has 3 aromatic heterocycles. The number of methoxy groups -OCH3 is 1. The van der Waals surface area contributed by atoms with Crippen LogP contribution in [0.25, 0.3) is 17.8 Å². The molecule has 4 heterocycles. The lowest BCUT2D eigenvalue weighted by atomic mass is 9.91. The summed E-state index contributed by atoms with van der Waals surface area (Å²) in [7, 11) is 1.61. The maximum Gasteiger partial charge on any atom is 0.238 e. The monoisotopic (exact) mass is 446 g/mol. The van der Waals surface area contributed by atoms with Gasteiger partial charge in [0.2, 0.25) is 5.88 Å². The van der Waals surface area contributed by atoms with Crippen molar-refractivity contribution in [2.45, 2.75) is 32.2 Å². The molecule has 0 saturated heterocycles. The van der Waals surface area contributed by atoms with Crippen LogP contribution >= 0.6 is 11.6 Å². The molecule has 162 valence electrons. The average molecular weight is 447 g/mol. The summed E-state index contributed by atoms with van der Waals surface area (Å²) < 4.78 is 9.39. The Kier molecular flexibility index (Phi) is 5.49. The number of hydrogen-bond acceptors (Lipinski definition) is 5. The quantitative estimate of drug-likeness (QED) is 0.435. The Balaban J connectivity index is 1.42. The van der Waals surface area contributed by atoms with Gasteiger partial charge >= 0.3 is 0 Å². The highest BCUT2D eigenvalue weighted by atomic mass is 35.5. The highest BCUT2D eigenvalue weighted by Gasteiger charge is 2.26. The van der Waals surface area contributed by atoms with Crippen molar-refractivity contribution in [2.24, 2.45) is 0 Å². The topological polar surface area (TPSA) is 70.7 Å². The number of ether oxygens (including phenoxy) is 1. The molecule has 0 fully saturated rings. The highest BCUT2D eigenvalue weighted by Crippen LogP contribution is 2.35. The first-order valence-electron chi connectivity index (χ1n) is 10.6.